The van der Waals surface area contributed by atoms with Gasteiger partial charge in [0, 0.05) is 44.4 Å². The average molecular weight is 480 g/mol. The van der Waals surface area contributed by atoms with Crippen LogP contribution in [0.3, 0.4) is 0 Å². The van der Waals surface area contributed by atoms with Crippen molar-refractivity contribution in [3.63, 3.8) is 0 Å². The third kappa shape index (κ3) is 4.92. The van der Waals surface area contributed by atoms with Gasteiger partial charge < -0.3 is 14.5 Å². The molecule has 0 fully saturated rings. The zero-order valence-corrected chi connectivity index (χ0v) is 20.3. The van der Waals surface area contributed by atoms with E-state index in [-0.39, 0.29) is 5.91 Å². The molecule has 0 saturated carbocycles. The Bertz CT molecular complexity index is 1380. The molecule has 4 rings (SSSR count). The van der Waals surface area contributed by atoms with Crippen molar-refractivity contribution >= 4 is 51.3 Å². The van der Waals surface area contributed by atoms with Gasteiger partial charge in [0.1, 0.15) is 11.3 Å². The summed E-state index contributed by atoms with van der Waals surface area (Å²) < 4.78 is 11.4. The topological polar surface area (TPSA) is 51.5 Å². The molecular formula is C27H23Cl2NO3. The molecule has 0 unspecified atom stereocenters. The molecule has 0 aliphatic rings. The number of hydrogen-bond acceptors (Lipinski definition) is 3. The number of nitrogens with one attached hydrogen (secondary N) is 1. The van der Waals surface area contributed by atoms with Crippen molar-refractivity contribution in [2.45, 2.75) is 20.8 Å². The molecule has 0 bridgehead atoms. The second-order valence-corrected chi connectivity index (χ2v) is 8.86. The van der Waals surface area contributed by atoms with Crippen LogP contribution in [0.25, 0.3) is 27.7 Å². The first-order valence-corrected chi connectivity index (χ1v) is 11.1. The number of anilines is 1. The highest BCUT2D eigenvalue weighted by atomic mass is 35.5. The highest BCUT2D eigenvalue weighted by Gasteiger charge is 2.16. The number of hydrogen-bond donors (Lipinski definition) is 1. The van der Waals surface area contributed by atoms with Gasteiger partial charge in [-0.1, -0.05) is 47.0 Å². The lowest BCUT2D eigenvalue weighted by molar-refractivity contribution is -0.111. The van der Waals surface area contributed by atoms with E-state index in [4.69, 9.17) is 32.4 Å². The van der Waals surface area contributed by atoms with Crippen LogP contribution in [-0.2, 0) is 4.79 Å². The van der Waals surface area contributed by atoms with E-state index in [1.165, 1.54) is 17.2 Å². The third-order valence-corrected chi connectivity index (χ3v) is 5.91. The predicted octanol–water partition coefficient (Wildman–Crippen LogP) is 8.07. The van der Waals surface area contributed by atoms with E-state index in [9.17, 15) is 4.79 Å². The van der Waals surface area contributed by atoms with E-state index in [0.29, 0.717) is 21.5 Å². The van der Waals surface area contributed by atoms with Crippen LogP contribution in [-0.4, -0.2) is 13.0 Å². The largest absolute Gasteiger partial charge is 0.496 e. The van der Waals surface area contributed by atoms with Crippen molar-refractivity contribution < 1.29 is 13.9 Å². The number of benzene rings is 3. The van der Waals surface area contributed by atoms with Gasteiger partial charge >= 0.3 is 0 Å². The maximum Gasteiger partial charge on any atom is 0.248 e. The third-order valence-electron chi connectivity index (χ3n) is 5.47. The monoisotopic (exact) mass is 479 g/mol. The SMILES string of the molecule is COc1cc2occ(-c3ccc(C)cc3C)c2cc1/C(C)=C/C(=O)Nc1cc(Cl)cc(Cl)c1. The van der Waals surface area contributed by atoms with Gasteiger partial charge in [0.15, 0.2) is 0 Å². The second kappa shape index (κ2) is 9.34. The van der Waals surface area contributed by atoms with Crippen LogP contribution in [0.2, 0.25) is 10.0 Å². The highest BCUT2D eigenvalue weighted by molar-refractivity contribution is 6.35. The zero-order valence-electron chi connectivity index (χ0n) is 18.8. The number of amides is 1. The Morgan fingerprint density at radius 1 is 1.00 bits per heavy atom. The van der Waals surface area contributed by atoms with E-state index in [1.807, 2.05) is 19.1 Å². The molecule has 0 aliphatic heterocycles. The van der Waals surface area contributed by atoms with Gasteiger partial charge in [0.2, 0.25) is 5.91 Å². The predicted molar refractivity (Wildman–Crippen MR) is 136 cm³/mol. The van der Waals surface area contributed by atoms with Crippen LogP contribution in [0.4, 0.5) is 5.69 Å². The first-order valence-electron chi connectivity index (χ1n) is 10.4. The van der Waals surface area contributed by atoms with Crippen LogP contribution < -0.4 is 10.1 Å². The Balaban J connectivity index is 1.73. The minimum atomic E-state index is -0.297. The molecule has 1 N–H and O–H groups in total. The van der Waals surface area contributed by atoms with Crippen molar-refractivity contribution in [2.75, 3.05) is 12.4 Å². The minimum absolute atomic E-state index is 0.297. The van der Waals surface area contributed by atoms with E-state index >= 15 is 0 Å². The lowest BCUT2D eigenvalue weighted by atomic mass is 9.96. The molecule has 4 nitrogen and oxygen atoms in total. The summed E-state index contributed by atoms with van der Waals surface area (Å²) in [5, 5.41) is 4.65. The molecule has 0 aliphatic carbocycles. The smallest absolute Gasteiger partial charge is 0.248 e. The van der Waals surface area contributed by atoms with Crippen molar-refractivity contribution in [1.29, 1.82) is 0 Å². The maximum atomic E-state index is 12.7. The molecule has 3 aromatic carbocycles. The maximum absolute atomic E-state index is 12.7. The first-order chi connectivity index (χ1) is 15.7. The molecule has 6 heteroatoms. The zero-order chi connectivity index (χ0) is 23.7. The first kappa shape index (κ1) is 23.0. The lowest BCUT2D eigenvalue weighted by Crippen LogP contribution is -2.08. The van der Waals surface area contributed by atoms with Crippen molar-refractivity contribution in [3.05, 3.63) is 87.6 Å². The summed E-state index contributed by atoms with van der Waals surface area (Å²) >= 11 is 12.1. The van der Waals surface area contributed by atoms with Gasteiger partial charge in [-0.25, -0.2) is 0 Å². The molecule has 0 spiro atoms. The summed E-state index contributed by atoms with van der Waals surface area (Å²) in [4.78, 5) is 12.7. The van der Waals surface area contributed by atoms with Crippen molar-refractivity contribution in [3.8, 4) is 16.9 Å². The Morgan fingerprint density at radius 3 is 2.39 bits per heavy atom. The minimum Gasteiger partial charge on any atom is -0.496 e. The van der Waals surface area contributed by atoms with Gasteiger partial charge in [0.05, 0.1) is 13.4 Å². The van der Waals surface area contributed by atoms with Crippen molar-refractivity contribution in [1.82, 2.24) is 0 Å². The van der Waals surface area contributed by atoms with Gasteiger partial charge in [-0.2, -0.15) is 0 Å². The molecule has 33 heavy (non-hydrogen) atoms. The van der Waals surface area contributed by atoms with Crippen LogP contribution in [0.1, 0.15) is 23.6 Å². The molecule has 1 heterocycles. The van der Waals surface area contributed by atoms with Gasteiger partial charge in [0.25, 0.3) is 0 Å². The van der Waals surface area contributed by atoms with Crippen LogP contribution in [0.5, 0.6) is 5.75 Å². The number of rotatable bonds is 5. The van der Waals surface area contributed by atoms with E-state index in [2.05, 4.69) is 37.4 Å². The molecule has 1 aromatic heterocycles. The number of carbonyl (C=O) groups excluding carboxylic acids is 1. The molecule has 168 valence electrons. The quantitative estimate of drug-likeness (QED) is 0.294. The standard InChI is InChI=1S/C27H23Cl2NO3/c1-15-5-6-21(16(2)7-15)24-14-33-26-13-25(32-4)22(12-23(24)26)17(3)8-27(31)30-20-10-18(28)9-19(29)11-20/h5-14H,1-4H3,(H,30,31)/b17-8+. The summed E-state index contributed by atoms with van der Waals surface area (Å²) in [5.74, 6) is 0.325. The summed E-state index contributed by atoms with van der Waals surface area (Å²) in [6.45, 7) is 6.03. The molecule has 0 radical (unpaired) electrons. The van der Waals surface area contributed by atoms with Crippen molar-refractivity contribution in [2.24, 2.45) is 0 Å². The number of fused-ring (bicyclic) bond motifs is 1. The summed E-state index contributed by atoms with van der Waals surface area (Å²) in [5.41, 5.74) is 7.26. The Labute approximate surface area is 202 Å². The average Bonchev–Trinajstić information content (AvgIpc) is 3.14. The fourth-order valence-electron chi connectivity index (χ4n) is 3.94. The molecule has 1 amide bonds. The van der Waals surface area contributed by atoms with Crippen LogP contribution in [0.15, 0.2) is 65.3 Å². The van der Waals surface area contributed by atoms with Crippen LogP contribution in [0, 0.1) is 13.8 Å². The van der Waals surface area contributed by atoms with Gasteiger partial charge in [-0.15, -0.1) is 0 Å². The highest BCUT2D eigenvalue weighted by Crippen LogP contribution is 2.38. The molecule has 0 saturated heterocycles. The normalized spacial score (nSPS) is 11.6. The summed E-state index contributed by atoms with van der Waals surface area (Å²) in [6.07, 6.45) is 3.29. The molecule has 4 aromatic rings. The van der Waals surface area contributed by atoms with Crippen LogP contribution >= 0.6 is 23.2 Å². The number of methoxy groups -OCH3 is 1. The fourth-order valence-corrected chi connectivity index (χ4v) is 4.46. The number of ether oxygens (including phenoxy) is 1. The second-order valence-electron chi connectivity index (χ2n) is 7.99. The molecular weight excluding hydrogens is 457 g/mol. The van der Waals surface area contributed by atoms with E-state index in [1.54, 1.807) is 31.6 Å². The Kier molecular flexibility index (Phi) is 6.50. The summed E-state index contributed by atoms with van der Waals surface area (Å²) in [7, 11) is 1.60. The number of carbonyl (C=O) groups is 1. The van der Waals surface area contributed by atoms with Gasteiger partial charge in [-0.3, -0.25) is 4.79 Å². The number of aryl methyl sites for hydroxylation is 2. The van der Waals surface area contributed by atoms with E-state index in [0.717, 1.165) is 33.2 Å². The van der Waals surface area contributed by atoms with E-state index < -0.39 is 0 Å². The lowest BCUT2D eigenvalue weighted by Gasteiger charge is -2.11. The Hall–Kier alpha value is -3.21. The number of furan rings is 1. The number of halogens is 2. The molecule has 0 atom stereocenters. The Morgan fingerprint density at radius 2 is 1.73 bits per heavy atom. The van der Waals surface area contributed by atoms with Gasteiger partial charge in [-0.05, 0) is 61.7 Å². The fraction of sp³-hybridized carbons (Fsp3) is 0.148. The number of allylic oxidation sites excluding steroid dienone is 1. The summed E-state index contributed by atoms with van der Waals surface area (Å²) in [6, 6.07) is 15.1.